The minimum Gasteiger partial charge on any atom is -0.353 e. The minimum absolute atomic E-state index is 0.139. The Morgan fingerprint density at radius 2 is 1.76 bits per heavy atom. The predicted octanol–water partition coefficient (Wildman–Crippen LogP) is 3.61. The second kappa shape index (κ2) is 8.42. The van der Waals surface area contributed by atoms with Gasteiger partial charge in [-0.1, -0.05) is 6.07 Å². The molecule has 0 radical (unpaired) electrons. The van der Waals surface area contributed by atoms with Crippen molar-refractivity contribution in [1.29, 1.82) is 0 Å². The maximum Gasteiger partial charge on any atom is 0.254 e. The number of likely N-dealkylation sites (tertiary alicyclic amines) is 1. The number of rotatable bonds is 3. The highest BCUT2D eigenvalue weighted by atomic mass is 32.1. The lowest BCUT2D eigenvalue weighted by atomic mass is 9.89. The number of hydrogen-bond acceptors (Lipinski definition) is 5. The van der Waals surface area contributed by atoms with Crippen LogP contribution in [0.25, 0.3) is 0 Å². The zero-order valence-corrected chi connectivity index (χ0v) is 20.0. The molecule has 0 N–H and O–H groups in total. The minimum atomic E-state index is 0.139. The molecule has 0 aromatic carbocycles. The Hall–Kier alpha value is -2.41. The van der Waals surface area contributed by atoms with Crippen molar-refractivity contribution in [3.63, 3.8) is 0 Å². The second-order valence-electron chi connectivity index (χ2n) is 10.2. The summed E-state index contributed by atoms with van der Waals surface area (Å²) in [7, 11) is 0. The van der Waals surface area contributed by atoms with Gasteiger partial charge >= 0.3 is 0 Å². The Kier molecular flexibility index (Phi) is 5.40. The van der Waals surface area contributed by atoms with Gasteiger partial charge in [-0.2, -0.15) is 0 Å². The van der Waals surface area contributed by atoms with Crippen molar-refractivity contribution in [3.8, 4) is 0 Å². The maximum atomic E-state index is 13.3. The van der Waals surface area contributed by atoms with E-state index in [4.69, 9.17) is 0 Å². The van der Waals surface area contributed by atoms with E-state index < -0.39 is 0 Å². The van der Waals surface area contributed by atoms with Crippen molar-refractivity contribution >= 4 is 29.0 Å². The number of carbonyl (C=O) groups excluding carboxylic acids is 2. The first-order chi connectivity index (χ1) is 16.1. The van der Waals surface area contributed by atoms with Crippen molar-refractivity contribution in [2.24, 2.45) is 11.3 Å². The number of carbonyl (C=O) groups is 2. The number of aromatic nitrogens is 1. The van der Waals surface area contributed by atoms with Crippen LogP contribution in [0.1, 0.15) is 52.9 Å². The van der Waals surface area contributed by atoms with Crippen LogP contribution in [0.5, 0.6) is 0 Å². The van der Waals surface area contributed by atoms with E-state index in [0.717, 1.165) is 82.8 Å². The highest BCUT2D eigenvalue weighted by Crippen LogP contribution is 2.60. The number of piperidine rings is 1. The molecule has 2 saturated heterocycles. The number of anilines is 1. The predicted molar refractivity (Wildman–Crippen MR) is 130 cm³/mol. The standard InChI is InChI=1S/C26H32N4O2S/c31-24(20-18-33-22-6-2-1-5-19(20)22)29-11-8-26(9-12-29)17-21(26)25(32)30-15-13-28(14-16-30)23-7-3-4-10-27-23/h3-4,7,10,18,21H,1-2,5-6,8-9,11-17H2. The molecule has 2 aromatic heterocycles. The maximum absolute atomic E-state index is 13.3. The molecule has 7 heteroatoms. The van der Waals surface area contributed by atoms with Crippen LogP contribution in [-0.2, 0) is 17.6 Å². The summed E-state index contributed by atoms with van der Waals surface area (Å²) in [5.74, 6) is 1.71. The van der Waals surface area contributed by atoms with Crippen LogP contribution in [0.15, 0.2) is 29.8 Å². The van der Waals surface area contributed by atoms with Gasteiger partial charge in [-0.25, -0.2) is 4.98 Å². The molecule has 2 aliphatic carbocycles. The molecule has 2 aliphatic heterocycles. The third-order valence-electron chi connectivity index (χ3n) is 8.39. The topological polar surface area (TPSA) is 56.8 Å². The van der Waals surface area contributed by atoms with E-state index in [1.807, 2.05) is 29.3 Å². The second-order valence-corrected chi connectivity index (χ2v) is 11.1. The molecule has 0 bridgehead atoms. The Labute approximate surface area is 199 Å². The van der Waals surface area contributed by atoms with Crippen LogP contribution < -0.4 is 4.90 Å². The van der Waals surface area contributed by atoms with Gasteiger partial charge in [0.25, 0.3) is 5.91 Å². The number of aryl methyl sites for hydroxylation is 1. The van der Waals surface area contributed by atoms with Gasteiger partial charge in [0.05, 0.1) is 5.56 Å². The van der Waals surface area contributed by atoms with Crippen molar-refractivity contribution in [1.82, 2.24) is 14.8 Å². The molecule has 1 atom stereocenters. The van der Waals surface area contributed by atoms with Crippen LogP contribution in [0.3, 0.4) is 0 Å². The van der Waals surface area contributed by atoms with E-state index in [0.29, 0.717) is 5.91 Å². The zero-order valence-electron chi connectivity index (χ0n) is 19.2. The Morgan fingerprint density at radius 1 is 0.970 bits per heavy atom. The number of piperazine rings is 1. The third kappa shape index (κ3) is 3.84. The number of thiophene rings is 1. The van der Waals surface area contributed by atoms with Crippen LogP contribution in [-0.4, -0.2) is 65.9 Å². The van der Waals surface area contributed by atoms with E-state index in [-0.39, 0.29) is 17.2 Å². The van der Waals surface area contributed by atoms with Crippen LogP contribution >= 0.6 is 11.3 Å². The normalized spacial score (nSPS) is 24.0. The van der Waals surface area contributed by atoms with Crippen molar-refractivity contribution < 1.29 is 9.59 Å². The molecule has 1 saturated carbocycles. The van der Waals surface area contributed by atoms with Crippen LogP contribution in [0.2, 0.25) is 0 Å². The summed E-state index contributed by atoms with van der Waals surface area (Å²) in [6.07, 6.45) is 9.41. The van der Waals surface area contributed by atoms with E-state index in [9.17, 15) is 9.59 Å². The number of fused-ring (bicyclic) bond motifs is 1. The summed E-state index contributed by atoms with van der Waals surface area (Å²) in [5.41, 5.74) is 2.42. The fourth-order valence-corrected chi connectivity index (χ4v) is 7.28. The zero-order chi connectivity index (χ0) is 22.4. The van der Waals surface area contributed by atoms with E-state index in [1.54, 1.807) is 11.3 Å². The molecule has 3 fully saturated rings. The van der Waals surface area contributed by atoms with Crippen LogP contribution in [0.4, 0.5) is 5.82 Å². The SMILES string of the molecule is O=C(c1csc2c1CCCC2)N1CCC2(CC1)CC2C(=O)N1CCN(c2ccccn2)CC1. The average molecular weight is 465 g/mol. The highest BCUT2D eigenvalue weighted by molar-refractivity contribution is 7.10. The summed E-state index contributed by atoms with van der Waals surface area (Å²) in [4.78, 5) is 38.7. The first kappa shape index (κ1) is 21.1. The van der Waals surface area contributed by atoms with Crippen molar-refractivity contribution in [2.45, 2.75) is 44.9 Å². The van der Waals surface area contributed by atoms with Gasteiger partial charge in [0.2, 0.25) is 5.91 Å². The van der Waals surface area contributed by atoms with Gasteiger partial charge in [0.1, 0.15) is 5.82 Å². The molecule has 4 heterocycles. The number of hydrogen-bond donors (Lipinski definition) is 0. The molecule has 2 amide bonds. The molecule has 1 spiro atoms. The summed E-state index contributed by atoms with van der Waals surface area (Å²) >= 11 is 1.77. The molecular weight excluding hydrogens is 432 g/mol. The van der Waals surface area contributed by atoms with Gasteiger partial charge in [0.15, 0.2) is 0 Å². The molecule has 1 unspecified atom stereocenters. The summed E-state index contributed by atoms with van der Waals surface area (Å²) < 4.78 is 0. The molecule has 174 valence electrons. The van der Waals surface area contributed by atoms with E-state index in [2.05, 4.69) is 20.2 Å². The Morgan fingerprint density at radius 3 is 2.52 bits per heavy atom. The summed E-state index contributed by atoms with van der Waals surface area (Å²) in [6, 6.07) is 5.98. The smallest absolute Gasteiger partial charge is 0.254 e. The first-order valence-electron chi connectivity index (χ1n) is 12.5. The highest BCUT2D eigenvalue weighted by Gasteiger charge is 2.59. The van der Waals surface area contributed by atoms with Crippen molar-refractivity contribution in [3.05, 3.63) is 45.8 Å². The molecule has 2 aromatic rings. The lowest BCUT2D eigenvalue weighted by molar-refractivity contribution is -0.134. The van der Waals surface area contributed by atoms with Gasteiger partial charge in [-0.3, -0.25) is 9.59 Å². The van der Waals surface area contributed by atoms with E-state index in [1.165, 1.54) is 23.3 Å². The van der Waals surface area contributed by atoms with Gasteiger partial charge in [-0.15, -0.1) is 11.3 Å². The lowest BCUT2D eigenvalue weighted by Gasteiger charge is -2.37. The van der Waals surface area contributed by atoms with Gasteiger partial charge in [0, 0.05) is 61.6 Å². The number of nitrogens with zero attached hydrogens (tertiary/aromatic N) is 4. The summed E-state index contributed by atoms with van der Waals surface area (Å²) in [5, 5.41) is 2.09. The van der Waals surface area contributed by atoms with Crippen LogP contribution in [0, 0.1) is 11.3 Å². The van der Waals surface area contributed by atoms with E-state index >= 15 is 0 Å². The van der Waals surface area contributed by atoms with Gasteiger partial charge < -0.3 is 14.7 Å². The number of pyridine rings is 1. The Balaban J connectivity index is 1.03. The molecule has 6 rings (SSSR count). The Bertz CT molecular complexity index is 1040. The third-order valence-corrected chi connectivity index (χ3v) is 9.48. The first-order valence-corrected chi connectivity index (χ1v) is 13.4. The fraction of sp³-hybridized carbons (Fsp3) is 0.577. The molecule has 33 heavy (non-hydrogen) atoms. The summed E-state index contributed by atoms with van der Waals surface area (Å²) in [6.45, 7) is 4.82. The quantitative estimate of drug-likeness (QED) is 0.696. The molecule has 6 nitrogen and oxygen atoms in total. The largest absolute Gasteiger partial charge is 0.353 e. The molecular formula is C26H32N4O2S. The monoisotopic (exact) mass is 464 g/mol. The fourth-order valence-electron chi connectivity index (χ4n) is 6.17. The average Bonchev–Trinajstić information content (AvgIpc) is 3.39. The number of amides is 2. The van der Waals surface area contributed by atoms with Crippen molar-refractivity contribution in [2.75, 3.05) is 44.2 Å². The van der Waals surface area contributed by atoms with Gasteiger partial charge in [-0.05, 0) is 68.1 Å². The lowest BCUT2D eigenvalue weighted by Crippen LogP contribution is -2.50. The molecule has 4 aliphatic rings.